The van der Waals surface area contributed by atoms with E-state index in [-0.39, 0.29) is 22.4 Å². The second-order valence-electron chi connectivity index (χ2n) is 11.0. The third-order valence-corrected chi connectivity index (χ3v) is 6.91. The molecule has 5 heteroatoms. The van der Waals surface area contributed by atoms with Gasteiger partial charge in [-0.1, -0.05) is 33.8 Å². The van der Waals surface area contributed by atoms with E-state index in [1.54, 1.807) is 7.11 Å². The number of hydrogen-bond acceptors (Lipinski definition) is 5. The molecule has 2 aliphatic carbocycles. The molecule has 2 heterocycles. The molecular weight excluding hydrogens is 404 g/mol. The fraction of sp³-hybridized carbons (Fsp3) is 0.481. The first-order chi connectivity index (χ1) is 15.0. The molecule has 3 aliphatic rings. The number of aryl methyl sites for hydroxylation is 1. The molecule has 0 saturated heterocycles. The van der Waals surface area contributed by atoms with Crippen LogP contribution in [0, 0.1) is 17.8 Å². The summed E-state index contributed by atoms with van der Waals surface area (Å²) in [4.78, 5) is 26.9. The summed E-state index contributed by atoms with van der Waals surface area (Å²) in [5, 5.41) is 0.852. The quantitative estimate of drug-likeness (QED) is 0.567. The molecule has 0 amide bonds. The van der Waals surface area contributed by atoms with E-state index in [4.69, 9.17) is 13.9 Å². The Morgan fingerprint density at radius 1 is 0.906 bits per heavy atom. The topological polar surface area (TPSA) is 65.7 Å². The van der Waals surface area contributed by atoms with Crippen LogP contribution in [-0.4, -0.2) is 18.7 Å². The summed E-state index contributed by atoms with van der Waals surface area (Å²) in [6, 6.07) is 5.78. The fourth-order valence-electron chi connectivity index (χ4n) is 5.63. The van der Waals surface area contributed by atoms with Crippen LogP contribution in [0.1, 0.15) is 70.6 Å². The van der Waals surface area contributed by atoms with Crippen molar-refractivity contribution in [3.05, 3.63) is 52.2 Å². The van der Waals surface area contributed by atoms with Crippen LogP contribution >= 0.6 is 0 Å². The first-order valence-corrected chi connectivity index (χ1v) is 11.3. The van der Waals surface area contributed by atoms with E-state index in [0.29, 0.717) is 59.7 Å². The van der Waals surface area contributed by atoms with Crippen molar-refractivity contribution in [1.29, 1.82) is 0 Å². The maximum Gasteiger partial charge on any atom is 0.163 e. The van der Waals surface area contributed by atoms with Gasteiger partial charge in [-0.2, -0.15) is 0 Å². The third-order valence-electron chi connectivity index (χ3n) is 6.91. The van der Waals surface area contributed by atoms with Crippen LogP contribution in [0.15, 0.2) is 45.3 Å². The molecule has 1 aliphatic heterocycles. The zero-order valence-corrected chi connectivity index (χ0v) is 19.7. The molecule has 0 radical (unpaired) electrons. The number of methoxy groups -OCH3 is 1. The average Bonchev–Trinajstić information content (AvgIpc) is 3.04. The molecule has 5 rings (SSSR count). The number of ketones is 2. The third kappa shape index (κ3) is 3.21. The van der Waals surface area contributed by atoms with Gasteiger partial charge >= 0.3 is 0 Å². The van der Waals surface area contributed by atoms with Crippen molar-refractivity contribution in [3.8, 4) is 5.75 Å². The molecule has 1 aromatic carbocycles. The van der Waals surface area contributed by atoms with Crippen molar-refractivity contribution >= 4 is 22.5 Å². The predicted molar refractivity (Wildman–Crippen MR) is 121 cm³/mol. The summed E-state index contributed by atoms with van der Waals surface area (Å²) < 4.78 is 18.1. The Morgan fingerprint density at radius 2 is 1.47 bits per heavy atom. The van der Waals surface area contributed by atoms with E-state index in [1.165, 1.54) is 0 Å². The molecule has 0 bridgehead atoms. The zero-order valence-electron chi connectivity index (χ0n) is 19.7. The van der Waals surface area contributed by atoms with Crippen molar-refractivity contribution in [3.63, 3.8) is 0 Å². The summed E-state index contributed by atoms with van der Waals surface area (Å²) in [5.41, 5.74) is 2.39. The van der Waals surface area contributed by atoms with Gasteiger partial charge in [0.2, 0.25) is 0 Å². The van der Waals surface area contributed by atoms with Crippen LogP contribution in [0.4, 0.5) is 0 Å². The highest BCUT2D eigenvalue weighted by Gasteiger charge is 2.48. The summed E-state index contributed by atoms with van der Waals surface area (Å²) in [5.74, 6) is 2.53. The van der Waals surface area contributed by atoms with E-state index in [2.05, 4.69) is 27.7 Å². The molecule has 0 N–H and O–H groups in total. The summed E-state index contributed by atoms with van der Waals surface area (Å²) in [6.07, 6.45) is 2.22. The number of ether oxygens (including phenoxy) is 2. The van der Waals surface area contributed by atoms with E-state index in [0.717, 1.165) is 16.7 Å². The smallest absolute Gasteiger partial charge is 0.163 e. The molecule has 0 spiro atoms. The summed E-state index contributed by atoms with van der Waals surface area (Å²) in [6.45, 7) is 10.3. The molecule has 0 atom stereocenters. The number of carbonyl (C=O) groups excluding carboxylic acids is 2. The molecule has 5 nitrogen and oxygen atoms in total. The highest BCUT2D eigenvalue weighted by Crippen LogP contribution is 2.54. The van der Waals surface area contributed by atoms with Gasteiger partial charge in [-0.25, -0.2) is 0 Å². The number of allylic oxidation sites excluding steroid dienone is 4. The summed E-state index contributed by atoms with van der Waals surface area (Å²) in [7, 11) is 1.63. The number of carbonyl (C=O) groups is 2. The highest BCUT2D eigenvalue weighted by atomic mass is 16.5. The Morgan fingerprint density at radius 3 is 2.00 bits per heavy atom. The van der Waals surface area contributed by atoms with Gasteiger partial charge in [0.25, 0.3) is 0 Å². The van der Waals surface area contributed by atoms with Gasteiger partial charge in [0.05, 0.1) is 18.4 Å². The van der Waals surface area contributed by atoms with E-state index >= 15 is 0 Å². The van der Waals surface area contributed by atoms with E-state index in [9.17, 15) is 9.59 Å². The van der Waals surface area contributed by atoms with Crippen LogP contribution in [-0.2, 0) is 14.3 Å². The average molecular weight is 435 g/mol. The van der Waals surface area contributed by atoms with E-state index in [1.807, 2.05) is 25.1 Å². The maximum atomic E-state index is 13.5. The molecule has 2 aromatic rings. The summed E-state index contributed by atoms with van der Waals surface area (Å²) >= 11 is 0. The number of furan rings is 1. The van der Waals surface area contributed by atoms with E-state index < -0.39 is 5.92 Å². The number of hydrogen-bond donors (Lipinski definition) is 0. The van der Waals surface area contributed by atoms with Crippen LogP contribution in [0.2, 0.25) is 0 Å². The predicted octanol–water partition coefficient (Wildman–Crippen LogP) is 6.15. The second-order valence-corrected chi connectivity index (χ2v) is 11.0. The van der Waals surface area contributed by atoms with Gasteiger partial charge in [-0.15, -0.1) is 0 Å². The van der Waals surface area contributed by atoms with Crippen molar-refractivity contribution in [1.82, 2.24) is 0 Å². The minimum absolute atomic E-state index is 0.0534. The van der Waals surface area contributed by atoms with Crippen LogP contribution in [0.25, 0.3) is 11.0 Å². The molecule has 1 aromatic heterocycles. The van der Waals surface area contributed by atoms with Crippen molar-refractivity contribution in [2.45, 2.75) is 66.2 Å². The lowest BCUT2D eigenvalue weighted by molar-refractivity contribution is -0.120. The monoisotopic (exact) mass is 434 g/mol. The van der Waals surface area contributed by atoms with Gasteiger partial charge in [0.15, 0.2) is 11.6 Å². The molecule has 32 heavy (non-hydrogen) atoms. The van der Waals surface area contributed by atoms with Crippen molar-refractivity contribution < 1.29 is 23.5 Å². The first kappa shape index (κ1) is 21.0. The first-order valence-electron chi connectivity index (χ1n) is 11.3. The second kappa shape index (κ2) is 6.84. The zero-order chi connectivity index (χ0) is 23.0. The Labute approximate surface area is 188 Å². The largest absolute Gasteiger partial charge is 0.496 e. The van der Waals surface area contributed by atoms with Crippen molar-refractivity contribution in [2.24, 2.45) is 10.8 Å². The van der Waals surface area contributed by atoms with Crippen LogP contribution < -0.4 is 4.74 Å². The van der Waals surface area contributed by atoms with Gasteiger partial charge in [-0.05, 0) is 29.9 Å². The SMILES string of the molecule is COc1ccc(C2C3=C(CC(C)(C)CC3=O)OC3=C2C(=O)CC(C)(C)C3)c2oc(C)cc12. The number of Topliss-reactive ketones (excluding diaryl/α,β-unsaturated/α-hetero) is 2. The molecular formula is C27H30O5. The van der Waals surface area contributed by atoms with Gasteiger partial charge in [-0.3, -0.25) is 9.59 Å². The van der Waals surface area contributed by atoms with Gasteiger partial charge < -0.3 is 13.9 Å². The Kier molecular flexibility index (Phi) is 4.50. The standard InChI is InChI=1S/C27H30O5/c1-14-9-16-19(30-6)8-7-15(25(16)31-14)22-23-17(28)10-26(2,3)12-20(23)32-21-13-27(4,5)11-18(29)24(21)22/h7-9,22H,10-13H2,1-6H3. The lowest BCUT2D eigenvalue weighted by Gasteiger charge is -2.42. The lowest BCUT2D eigenvalue weighted by Crippen LogP contribution is -2.37. The fourth-order valence-corrected chi connectivity index (χ4v) is 5.63. The molecule has 0 saturated carbocycles. The molecule has 0 unspecified atom stereocenters. The van der Waals surface area contributed by atoms with Gasteiger partial charge in [0.1, 0.15) is 28.6 Å². The molecule has 0 fully saturated rings. The van der Waals surface area contributed by atoms with Gasteiger partial charge in [0, 0.05) is 42.4 Å². The minimum Gasteiger partial charge on any atom is -0.496 e. The Hall–Kier alpha value is -2.82. The van der Waals surface area contributed by atoms with Crippen molar-refractivity contribution in [2.75, 3.05) is 7.11 Å². The normalized spacial score (nSPS) is 22.7. The Bertz CT molecular complexity index is 1180. The lowest BCUT2D eigenvalue weighted by atomic mass is 9.65. The minimum atomic E-state index is -0.472. The highest BCUT2D eigenvalue weighted by molar-refractivity contribution is 6.07. The number of benzene rings is 1. The van der Waals surface area contributed by atoms with Crippen LogP contribution in [0.3, 0.4) is 0 Å². The maximum absolute atomic E-state index is 13.5. The Balaban J connectivity index is 1.79. The number of fused-ring (bicyclic) bond motifs is 1. The molecule has 168 valence electrons. The van der Waals surface area contributed by atoms with Crippen LogP contribution in [0.5, 0.6) is 5.75 Å². The number of rotatable bonds is 2.